The van der Waals surface area contributed by atoms with Gasteiger partial charge >= 0.3 is 0 Å². The summed E-state index contributed by atoms with van der Waals surface area (Å²) in [6.45, 7) is 0. The Morgan fingerprint density at radius 1 is 1.11 bits per heavy atom. The Kier molecular flexibility index (Phi) is 3.92. The molecule has 4 nitrogen and oxygen atoms in total. The van der Waals surface area contributed by atoms with E-state index < -0.39 is 28.1 Å². The molecule has 1 N–H and O–H groups in total. The van der Waals surface area contributed by atoms with E-state index in [0.29, 0.717) is 12.1 Å². The van der Waals surface area contributed by atoms with Crippen molar-refractivity contribution in [1.82, 2.24) is 9.97 Å². The number of aromatic nitrogens is 2. The summed E-state index contributed by atoms with van der Waals surface area (Å²) in [6.07, 6.45) is 2.61. The van der Waals surface area contributed by atoms with Gasteiger partial charge in [0.05, 0.1) is 10.6 Å². The van der Waals surface area contributed by atoms with Crippen LogP contribution < -0.4 is 5.32 Å². The van der Waals surface area contributed by atoms with Crippen molar-refractivity contribution in [2.75, 3.05) is 5.32 Å². The van der Waals surface area contributed by atoms with Crippen LogP contribution in [-0.4, -0.2) is 15.9 Å². The number of benzene rings is 1. The molecule has 0 aliphatic carbocycles. The lowest BCUT2D eigenvalue weighted by Gasteiger charge is -2.06. The number of hydrogen-bond donors (Lipinski definition) is 1. The molecule has 8 heteroatoms. The Morgan fingerprint density at radius 2 is 1.79 bits per heavy atom. The molecular formula is C11H5Cl2F2N3O. The summed E-state index contributed by atoms with van der Waals surface area (Å²) in [5, 5.41) is 1.75. The first-order chi connectivity index (χ1) is 8.99. The standard InChI is InChI=1S/C11H5Cl2F2N3O/c12-6-4-7(14)5(3-8(6)15)11(19)18-10-9(13)16-1-2-17-10/h1-4H,(H,17,18,19). The molecule has 1 heterocycles. The highest BCUT2D eigenvalue weighted by molar-refractivity contribution is 6.32. The van der Waals surface area contributed by atoms with E-state index in [1.54, 1.807) is 0 Å². The van der Waals surface area contributed by atoms with Crippen molar-refractivity contribution < 1.29 is 13.6 Å². The molecule has 1 amide bonds. The molecule has 1 aromatic heterocycles. The molecule has 2 rings (SSSR count). The summed E-state index contributed by atoms with van der Waals surface area (Å²) < 4.78 is 26.7. The third-order valence-electron chi connectivity index (χ3n) is 2.14. The predicted molar refractivity (Wildman–Crippen MR) is 66.4 cm³/mol. The fourth-order valence-corrected chi connectivity index (χ4v) is 1.58. The van der Waals surface area contributed by atoms with Crippen LogP contribution in [0, 0.1) is 11.6 Å². The van der Waals surface area contributed by atoms with Crippen LogP contribution >= 0.6 is 23.2 Å². The molecule has 0 atom stereocenters. The second kappa shape index (κ2) is 5.46. The number of nitrogens with zero attached hydrogens (tertiary/aromatic N) is 2. The van der Waals surface area contributed by atoms with E-state index in [1.807, 2.05) is 0 Å². The first-order valence-corrected chi connectivity index (χ1v) is 5.67. The third kappa shape index (κ3) is 2.97. The zero-order valence-corrected chi connectivity index (χ0v) is 10.6. The van der Waals surface area contributed by atoms with Crippen molar-refractivity contribution in [2.24, 2.45) is 0 Å². The Balaban J connectivity index is 2.31. The predicted octanol–water partition coefficient (Wildman–Crippen LogP) is 3.31. The Bertz CT molecular complexity index is 652. The second-order valence-electron chi connectivity index (χ2n) is 3.40. The normalized spacial score (nSPS) is 10.3. The quantitative estimate of drug-likeness (QED) is 0.866. The number of amides is 1. The highest BCUT2D eigenvalue weighted by Gasteiger charge is 2.17. The molecule has 2 aromatic rings. The fourth-order valence-electron chi connectivity index (χ4n) is 1.28. The summed E-state index contributed by atoms with van der Waals surface area (Å²) in [6, 6.07) is 1.40. The van der Waals surface area contributed by atoms with Crippen LogP contribution in [0.25, 0.3) is 0 Å². The number of halogens is 4. The van der Waals surface area contributed by atoms with E-state index in [2.05, 4.69) is 15.3 Å². The number of anilines is 1. The van der Waals surface area contributed by atoms with E-state index in [1.165, 1.54) is 12.4 Å². The van der Waals surface area contributed by atoms with Gasteiger partial charge in [-0.05, 0) is 12.1 Å². The Morgan fingerprint density at radius 3 is 2.47 bits per heavy atom. The second-order valence-corrected chi connectivity index (χ2v) is 4.16. The van der Waals surface area contributed by atoms with Gasteiger partial charge in [-0.25, -0.2) is 18.7 Å². The van der Waals surface area contributed by atoms with E-state index in [4.69, 9.17) is 23.2 Å². The molecular weight excluding hydrogens is 299 g/mol. The lowest BCUT2D eigenvalue weighted by Crippen LogP contribution is -2.15. The van der Waals surface area contributed by atoms with E-state index in [9.17, 15) is 13.6 Å². The van der Waals surface area contributed by atoms with Gasteiger partial charge in [0.1, 0.15) is 11.6 Å². The molecule has 0 saturated carbocycles. The van der Waals surface area contributed by atoms with Gasteiger partial charge in [0, 0.05) is 12.4 Å². The third-order valence-corrected chi connectivity index (χ3v) is 2.71. The zero-order chi connectivity index (χ0) is 14.0. The van der Waals surface area contributed by atoms with E-state index in [-0.39, 0.29) is 11.0 Å². The largest absolute Gasteiger partial charge is 0.304 e. The first kappa shape index (κ1) is 13.6. The average Bonchev–Trinajstić information content (AvgIpc) is 2.36. The molecule has 0 aliphatic heterocycles. The SMILES string of the molecule is O=C(Nc1nccnc1Cl)c1cc(F)c(Cl)cc1F. The van der Waals surface area contributed by atoms with Crippen LogP contribution in [0.3, 0.4) is 0 Å². The monoisotopic (exact) mass is 303 g/mol. The average molecular weight is 304 g/mol. The van der Waals surface area contributed by atoms with Crippen molar-refractivity contribution in [3.05, 3.63) is 51.9 Å². The summed E-state index contributed by atoms with van der Waals surface area (Å²) in [5.74, 6) is -2.82. The van der Waals surface area contributed by atoms with Crippen LogP contribution in [0.2, 0.25) is 10.2 Å². The molecule has 19 heavy (non-hydrogen) atoms. The molecule has 0 saturated heterocycles. The molecule has 1 aromatic carbocycles. The minimum absolute atomic E-state index is 0.0519. The molecule has 98 valence electrons. The van der Waals surface area contributed by atoms with Crippen molar-refractivity contribution in [3.8, 4) is 0 Å². The maximum Gasteiger partial charge on any atom is 0.259 e. The lowest BCUT2D eigenvalue weighted by atomic mass is 10.2. The van der Waals surface area contributed by atoms with Crippen molar-refractivity contribution in [2.45, 2.75) is 0 Å². The number of carbonyl (C=O) groups excluding carboxylic acids is 1. The molecule has 0 bridgehead atoms. The minimum Gasteiger partial charge on any atom is -0.304 e. The number of rotatable bonds is 2. The summed E-state index contributed by atoms with van der Waals surface area (Å²) in [4.78, 5) is 19.2. The summed E-state index contributed by atoms with van der Waals surface area (Å²) in [7, 11) is 0. The van der Waals surface area contributed by atoms with Crippen LogP contribution in [-0.2, 0) is 0 Å². The summed E-state index contributed by atoms with van der Waals surface area (Å²) in [5.41, 5.74) is -0.511. The number of nitrogens with one attached hydrogen (secondary N) is 1. The maximum atomic E-state index is 13.5. The molecule has 0 aliphatic rings. The highest BCUT2D eigenvalue weighted by Crippen LogP contribution is 2.21. The zero-order valence-electron chi connectivity index (χ0n) is 9.12. The van der Waals surface area contributed by atoms with Gasteiger partial charge in [0.25, 0.3) is 5.91 Å². The van der Waals surface area contributed by atoms with Crippen LogP contribution in [0.15, 0.2) is 24.5 Å². The van der Waals surface area contributed by atoms with Crippen LogP contribution in [0.1, 0.15) is 10.4 Å². The van der Waals surface area contributed by atoms with Gasteiger partial charge in [0.15, 0.2) is 11.0 Å². The van der Waals surface area contributed by atoms with Crippen LogP contribution in [0.4, 0.5) is 14.6 Å². The topological polar surface area (TPSA) is 54.9 Å². The van der Waals surface area contributed by atoms with Crippen molar-refractivity contribution in [3.63, 3.8) is 0 Å². The maximum absolute atomic E-state index is 13.5. The summed E-state index contributed by atoms with van der Waals surface area (Å²) >= 11 is 11.1. The number of carbonyl (C=O) groups is 1. The van der Waals surface area contributed by atoms with E-state index in [0.717, 1.165) is 0 Å². The van der Waals surface area contributed by atoms with Gasteiger partial charge in [-0.15, -0.1) is 0 Å². The Labute approximate surface area is 116 Å². The fraction of sp³-hybridized carbons (Fsp3) is 0. The van der Waals surface area contributed by atoms with Gasteiger partial charge in [-0.2, -0.15) is 0 Å². The van der Waals surface area contributed by atoms with Crippen LogP contribution in [0.5, 0.6) is 0 Å². The van der Waals surface area contributed by atoms with Gasteiger partial charge in [-0.3, -0.25) is 4.79 Å². The van der Waals surface area contributed by atoms with Gasteiger partial charge < -0.3 is 5.32 Å². The van der Waals surface area contributed by atoms with Crippen molar-refractivity contribution in [1.29, 1.82) is 0 Å². The lowest BCUT2D eigenvalue weighted by molar-refractivity contribution is 0.102. The molecule has 0 radical (unpaired) electrons. The molecule has 0 spiro atoms. The minimum atomic E-state index is -0.955. The van der Waals surface area contributed by atoms with Crippen molar-refractivity contribution >= 4 is 34.9 Å². The van der Waals surface area contributed by atoms with Gasteiger partial charge in [0.2, 0.25) is 0 Å². The highest BCUT2D eigenvalue weighted by atomic mass is 35.5. The molecule has 0 fully saturated rings. The first-order valence-electron chi connectivity index (χ1n) is 4.91. The number of hydrogen-bond acceptors (Lipinski definition) is 3. The molecule has 0 unspecified atom stereocenters. The smallest absolute Gasteiger partial charge is 0.259 e. The Hall–Kier alpha value is -1.79. The van der Waals surface area contributed by atoms with E-state index >= 15 is 0 Å². The van der Waals surface area contributed by atoms with Gasteiger partial charge in [-0.1, -0.05) is 23.2 Å².